The lowest BCUT2D eigenvalue weighted by Gasteiger charge is -2.05. The molecule has 0 saturated carbocycles. The molecule has 2 heterocycles. The van der Waals surface area contributed by atoms with Crippen LogP contribution in [-0.2, 0) is 14.4 Å². The molecule has 3 aromatic rings. The maximum Gasteiger partial charge on any atom is 0.305 e. The number of aliphatic carboxylic acids is 1. The van der Waals surface area contributed by atoms with E-state index in [1.54, 1.807) is 6.21 Å². The van der Waals surface area contributed by atoms with Crippen molar-refractivity contribution in [2.45, 2.75) is 18.1 Å². The van der Waals surface area contributed by atoms with Crippen LogP contribution in [0.5, 0.6) is 0 Å². The number of thioether (sulfide) groups is 1. The van der Waals surface area contributed by atoms with Crippen LogP contribution in [0.15, 0.2) is 64.8 Å². The van der Waals surface area contributed by atoms with Gasteiger partial charge in [-0.1, -0.05) is 60.3 Å². The number of rotatable bonds is 8. The highest BCUT2D eigenvalue weighted by molar-refractivity contribution is 8.15. The fourth-order valence-electron chi connectivity index (χ4n) is 3.41. The molecule has 2 amide bonds. The topological polar surface area (TPSA) is 136 Å². The highest BCUT2D eigenvalue weighted by atomic mass is 32.2. The minimum Gasteiger partial charge on any atom is -0.481 e. The smallest absolute Gasteiger partial charge is 0.305 e. The standard InChI is InChI=1S/C23H21N5O4S/c29-19(24-11-10-20(30)31)12-18-22(32)27-23(33-18)28-25-13-16-15-8-4-5-9-17(15)26-21(16)14-6-2-1-3-7-14/h1-9,13,18,26H,10-12H2,(H,24,29)(H,30,31)(H,27,28,32)/b25-13-/t18-/m0/s1. The minimum atomic E-state index is -0.999. The molecule has 1 atom stereocenters. The van der Waals surface area contributed by atoms with Crippen molar-refractivity contribution >= 4 is 51.8 Å². The van der Waals surface area contributed by atoms with E-state index in [4.69, 9.17) is 5.11 Å². The number of carboxylic acid groups (broad SMARTS) is 1. The van der Waals surface area contributed by atoms with Crippen LogP contribution >= 0.6 is 11.8 Å². The van der Waals surface area contributed by atoms with Gasteiger partial charge >= 0.3 is 5.97 Å². The molecular weight excluding hydrogens is 442 g/mol. The summed E-state index contributed by atoms with van der Waals surface area (Å²) in [7, 11) is 0. The number of benzene rings is 2. The molecule has 1 aliphatic rings. The van der Waals surface area contributed by atoms with Gasteiger partial charge in [0.1, 0.15) is 5.25 Å². The molecule has 1 aliphatic heterocycles. The Kier molecular flexibility index (Phi) is 6.84. The lowest BCUT2D eigenvalue weighted by atomic mass is 10.1. The minimum absolute atomic E-state index is 0.0206. The summed E-state index contributed by atoms with van der Waals surface area (Å²) in [5.74, 6) is -1.72. The predicted octanol–water partition coefficient (Wildman–Crippen LogP) is 2.74. The molecule has 1 saturated heterocycles. The Morgan fingerprint density at radius 3 is 2.67 bits per heavy atom. The van der Waals surface area contributed by atoms with Gasteiger partial charge in [-0.15, -0.1) is 5.10 Å². The number of aromatic nitrogens is 1. The lowest BCUT2D eigenvalue weighted by molar-refractivity contribution is -0.137. The number of hydrogen-bond acceptors (Lipinski definition) is 6. The normalized spacial score (nSPS) is 17.0. The van der Waals surface area contributed by atoms with E-state index in [1.165, 1.54) is 0 Å². The van der Waals surface area contributed by atoms with Crippen LogP contribution in [0.25, 0.3) is 22.2 Å². The van der Waals surface area contributed by atoms with Gasteiger partial charge in [-0.25, -0.2) is 0 Å². The number of hydrogen-bond donors (Lipinski definition) is 4. The second kappa shape index (κ2) is 10.1. The number of aromatic amines is 1. The number of amidine groups is 1. The largest absolute Gasteiger partial charge is 0.481 e. The van der Waals surface area contributed by atoms with Gasteiger partial charge in [-0.2, -0.15) is 5.10 Å². The van der Waals surface area contributed by atoms with Crippen molar-refractivity contribution in [3.8, 4) is 11.3 Å². The van der Waals surface area contributed by atoms with Crippen LogP contribution in [0.3, 0.4) is 0 Å². The van der Waals surface area contributed by atoms with Crippen LogP contribution in [0.1, 0.15) is 18.4 Å². The van der Waals surface area contributed by atoms with E-state index in [2.05, 4.69) is 25.8 Å². The first-order valence-electron chi connectivity index (χ1n) is 10.2. The molecule has 0 radical (unpaired) electrons. The molecule has 10 heteroatoms. The molecule has 9 nitrogen and oxygen atoms in total. The zero-order chi connectivity index (χ0) is 23.2. The number of amides is 2. The number of carbonyl (C=O) groups is 3. The molecule has 33 heavy (non-hydrogen) atoms. The lowest BCUT2D eigenvalue weighted by Crippen LogP contribution is -2.32. The third kappa shape index (κ3) is 5.47. The van der Waals surface area contributed by atoms with E-state index in [-0.39, 0.29) is 31.2 Å². The summed E-state index contributed by atoms with van der Waals surface area (Å²) >= 11 is 1.12. The highest BCUT2D eigenvalue weighted by Crippen LogP contribution is 2.29. The third-order valence-corrected chi connectivity index (χ3v) is 6.02. The van der Waals surface area contributed by atoms with Crippen molar-refractivity contribution in [1.29, 1.82) is 0 Å². The predicted molar refractivity (Wildman–Crippen MR) is 128 cm³/mol. The molecule has 2 aromatic carbocycles. The fourth-order valence-corrected chi connectivity index (χ4v) is 4.33. The van der Waals surface area contributed by atoms with Crippen molar-refractivity contribution in [2.75, 3.05) is 6.54 Å². The van der Waals surface area contributed by atoms with E-state index in [9.17, 15) is 14.4 Å². The molecule has 0 unspecified atom stereocenters. The number of H-pyrrole nitrogens is 1. The van der Waals surface area contributed by atoms with Gasteiger partial charge in [0.05, 0.1) is 18.3 Å². The fraction of sp³-hybridized carbons (Fsp3) is 0.174. The first-order valence-corrected chi connectivity index (χ1v) is 11.1. The number of nitrogens with zero attached hydrogens (tertiary/aromatic N) is 2. The van der Waals surface area contributed by atoms with E-state index >= 15 is 0 Å². The maximum absolute atomic E-state index is 12.2. The summed E-state index contributed by atoms with van der Waals surface area (Å²) in [5, 5.41) is 22.7. The molecule has 1 aromatic heterocycles. The molecule has 4 rings (SSSR count). The van der Waals surface area contributed by atoms with Gasteiger partial charge < -0.3 is 20.7 Å². The first kappa shape index (κ1) is 22.3. The summed E-state index contributed by atoms with van der Waals surface area (Å²) in [5.41, 5.74) is 3.79. The average Bonchev–Trinajstić information content (AvgIpc) is 3.34. The van der Waals surface area contributed by atoms with Gasteiger partial charge in [0, 0.05) is 29.4 Å². The Morgan fingerprint density at radius 2 is 1.88 bits per heavy atom. The molecule has 0 bridgehead atoms. The van der Waals surface area contributed by atoms with Crippen LogP contribution in [0.4, 0.5) is 0 Å². The second-order valence-electron chi connectivity index (χ2n) is 7.27. The summed E-state index contributed by atoms with van der Waals surface area (Å²) in [6, 6.07) is 17.8. The SMILES string of the molecule is O=C(O)CCNC(=O)C[C@@H]1S/C(=N\N=C/c2c(-c3ccccc3)[nH]c3ccccc23)NC1=O. The quantitative estimate of drug-likeness (QED) is 0.301. The number of fused-ring (bicyclic) bond motifs is 1. The molecule has 0 aliphatic carbocycles. The van der Waals surface area contributed by atoms with E-state index < -0.39 is 11.2 Å². The van der Waals surface area contributed by atoms with Crippen LogP contribution in [0.2, 0.25) is 0 Å². The van der Waals surface area contributed by atoms with Gasteiger partial charge in [-0.05, 0) is 11.6 Å². The summed E-state index contributed by atoms with van der Waals surface area (Å²) < 4.78 is 0. The van der Waals surface area contributed by atoms with E-state index in [0.29, 0.717) is 5.17 Å². The summed E-state index contributed by atoms with van der Waals surface area (Å²) in [6.45, 7) is 0.0206. The molecular formula is C23H21N5O4S. The van der Waals surface area contributed by atoms with Crippen molar-refractivity contribution in [3.63, 3.8) is 0 Å². The zero-order valence-corrected chi connectivity index (χ0v) is 18.3. The van der Waals surface area contributed by atoms with Crippen molar-refractivity contribution in [3.05, 3.63) is 60.2 Å². The highest BCUT2D eigenvalue weighted by Gasteiger charge is 2.32. The Balaban J connectivity index is 1.47. The molecule has 0 spiro atoms. The van der Waals surface area contributed by atoms with E-state index in [0.717, 1.165) is 39.5 Å². The number of carbonyl (C=O) groups excluding carboxylic acids is 2. The van der Waals surface area contributed by atoms with Crippen LogP contribution < -0.4 is 10.6 Å². The van der Waals surface area contributed by atoms with Crippen LogP contribution in [-0.4, -0.2) is 51.1 Å². The average molecular weight is 464 g/mol. The Bertz CT molecular complexity index is 1250. The van der Waals surface area contributed by atoms with Gasteiger partial charge in [0.15, 0.2) is 5.17 Å². The Morgan fingerprint density at radius 1 is 1.12 bits per heavy atom. The molecule has 1 fully saturated rings. The monoisotopic (exact) mass is 463 g/mol. The maximum atomic E-state index is 12.2. The summed E-state index contributed by atoms with van der Waals surface area (Å²) in [6.07, 6.45) is 1.41. The van der Waals surface area contributed by atoms with Gasteiger partial charge in [-0.3, -0.25) is 14.4 Å². The van der Waals surface area contributed by atoms with Crippen molar-refractivity contribution in [2.24, 2.45) is 10.2 Å². The van der Waals surface area contributed by atoms with Crippen molar-refractivity contribution in [1.82, 2.24) is 15.6 Å². The zero-order valence-electron chi connectivity index (χ0n) is 17.4. The molecule has 4 N–H and O–H groups in total. The number of nitrogens with one attached hydrogen (secondary N) is 3. The number of carboxylic acids is 1. The number of para-hydroxylation sites is 1. The molecule has 168 valence electrons. The first-order chi connectivity index (χ1) is 16.0. The Hall–Kier alpha value is -3.92. The Labute approximate surface area is 193 Å². The summed E-state index contributed by atoms with van der Waals surface area (Å²) in [4.78, 5) is 38.0. The van der Waals surface area contributed by atoms with Gasteiger partial charge in [0.25, 0.3) is 0 Å². The third-order valence-electron chi connectivity index (χ3n) is 4.95. The van der Waals surface area contributed by atoms with E-state index in [1.807, 2.05) is 54.6 Å². The van der Waals surface area contributed by atoms with Crippen molar-refractivity contribution < 1.29 is 19.5 Å². The van der Waals surface area contributed by atoms with Crippen LogP contribution in [0, 0.1) is 0 Å². The second-order valence-corrected chi connectivity index (χ2v) is 8.46. The van der Waals surface area contributed by atoms with Gasteiger partial charge in [0.2, 0.25) is 11.8 Å².